The Bertz CT molecular complexity index is 109. The topological polar surface area (TPSA) is 52.5 Å². The number of β-amino-alcohol motifs (C(OH)–C–C–N with tert-alkyl or cyclic N) is 1. The lowest BCUT2D eigenvalue weighted by molar-refractivity contribution is 0.148. The van der Waals surface area contributed by atoms with Crippen molar-refractivity contribution in [3.05, 3.63) is 0 Å². The highest BCUT2D eigenvalue weighted by molar-refractivity contribution is 7.80. The van der Waals surface area contributed by atoms with E-state index in [1.165, 1.54) is 0 Å². The molecule has 3 nitrogen and oxygen atoms in total. The van der Waals surface area contributed by atoms with Gasteiger partial charge in [-0.25, -0.2) is 0 Å². The summed E-state index contributed by atoms with van der Waals surface area (Å²) >= 11 is 3.92. The van der Waals surface area contributed by atoms with E-state index in [0.29, 0.717) is 12.3 Å². The zero-order valence-corrected chi connectivity index (χ0v) is 7.93. The Hall–Kier alpha value is 0.230. The summed E-state index contributed by atoms with van der Waals surface area (Å²) in [7, 11) is 0. The molecule has 3 N–H and O–H groups in total. The molecule has 1 atom stereocenters. The standard InChI is InChI=1S/C7H17NO2S/c1-7(2,5-9)8-3-6(10)4-11/h6,8-11H,3-5H2,1-2H3. The number of rotatable bonds is 5. The van der Waals surface area contributed by atoms with Crippen LogP contribution in [-0.2, 0) is 0 Å². The lowest BCUT2D eigenvalue weighted by atomic mass is 10.1. The summed E-state index contributed by atoms with van der Waals surface area (Å²) in [6.45, 7) is 4.28. The van der Waals surface area contributed by atoms with Crippen LogP contribution in [0.4, 0.5) is 0 Å². The third-order valence-corrected chi connectivity index (χ3v) is 1.84. The second-order valence-electron chi connectivity index (χ2n) is 3.26. The lowest BCUT2D eigenvalue weighted by Crippen LogP contribution is -2.46. The molecule has 0 bridgehead atoms. The molecule has 0 spiro atoms. The maximum absolute atomic E-state index is 9.10. The van der Waals surface area contributed by atoms with Crippen LogP contribution in [0.5, 0.6) is 0 Å². The van der Waals surface area contributed by atoms with E-state index in [2.05, 4.69) is 17.9 Å². The highest BCUT2D eigenvalue weighted by atomic mass is 32.1. The molecule has 0 aromatic carbocycles. The molecule has 1 unspecified atom stereocenters. The maximum atomic E-state index is 9.10. The summed E-state index contributed by atoms with van der Waals surface area (Å²) < 4.78 is 0. The molecular weight excluding hydrogens is 162 g/mol. The van der Waals surface area contributed by atoms with Crippen LogP contribution in [0.25, 0.3) is 0 Å². The van der Waals surface area contributed by atoms with E-state index in [1.807, 2.05) is 13.8 Å². The molecule has 0 aromatic rings. The Morgan fingerprint density at radius 2 is 2.09 bits per heavy atom. The molecule has 4 heteroatoms. The van der Waals surface area contributed by atoms with E-state index in [4.69, 9.17) is 10.2 Å². The van der Waals surface area contributed by atoms with E-state index in [1.54, 1.807) is 0 Å². The monoisotopic (exact) mass is 179 g/mol. The van der Waals surface area contributed by atoms with Crippen LogP contribution in [0.1, 0.15) is 13.8 Å². The molecule has 0 fully saturated rings. The SMILES string of the molecule is CC(C)(CO)NCC(O)CS. The quantitative estimate of drug-likeness (QED) is 0.436. The molecule has 11 heavy (non-hydrogen) atoms. The molecule has 0 aliphatic heterocycles. The average molecular weight is 179 g/mol. The first-order valence-corrected chi connectivity index (χ1v) is 4.30. The van der Waals surface area contributed by atoms with Crippen LogP contribution in [-0.4, -0.2) is 40.8 Å². The van der Waals surface area contributed by atoms with Gasteiger partial charge in [0.1, 0.15) is 0 Å². The highest BCUT2D eigenvalue weighted by Gasteiger charge is 2.16. The Morgan fingerprint density at radius 1 is 1.55 bits per heavy atom. The molecule has 0 radical (unpaired) electrons. The van der Waals surface area contributed by atoms with Crippen molar-refractivity contribution in [2.24, 2.45) is 0 Å². The van der Waals surface area contributed by atoms with Gasteiger partial charge in [-0.1, -0.05) is 0 Å². The third kappa shape index (κ3) is 5.49. The largest absolute Gasteiger partial charge is 0.394 e. The molecule has 0 aliphatic rings. The molecule has 0 aliphatic carbocycles. The minimum absolute atomic E-state index is 0.0618. The first-order valence-electron chi connectivity index (χ1n) is 3.66. The highest BCUT2D eigenvalue weighted by Crippen LogP contribution is 1.99. The Morgan fingerprint density at radius 3 is 2.45 bits per heavy atom. The lowest BCUT2D eigenvalue weighted by Gasteiger charge is -2.24. The van der Waals surface area contributed by atoms with Crippen molar-refractivity contribution in [3.8, 4) is 0 Å². The zero-order chi connectivity index (χ0) is 8.91. The summed E-state index contributed by atoms with van der Waals surface area (Å²) in [5, 5.41) is 20.9. The van der Waals surface area contributed by atoms with Gasteiger partial charge in [0.2, 0.25) is 0 Å². The van der Waals surface area contributed by atoms with Crippen molar-refractivity contribution in [3.63, 3.8) is 0 Å². The predicted octanol–water partition coefficient (Wildman–Crippen LogP) is -0.362. The second-order valence-corrected chi connectivity index (χ2v) is 3.62. The fourth-order valence-corrected chi connectivity index (χ4v) is 0.644. The number of nitrogens with one attached hydrogen (secondary N) is 1. The summed E-state index contributed by atoms with van der Waals surface area (Å²) in [5.41, 5.74) is -0.316. The van der Waals surface area contributed by atoms with E-state index in [9.17, 15) is 0 Å². The van der Waals surface area contributed by atoms with Gasteiger partial charge >= 0.3 is 0 Å². The van der Waals surface area contributed by atoms with Crippen LogP contribution in [0.15, 0.2) is 0 Å². The number of aliphatic hydroxyl groups excluding tert-OH is 2. The number of hydrogen-bond acceptors (Lipinski definition) is 4. The molecule has 0 saturated heterocycles. The van der Waals surface area contributed by atoms with Gasteiger partial charge in [-0.15, -0.1) is 0 Å². The summed E-state index contributed by atoms with van der Waals surface area (Å²) in [5.74, 6) is 0.439. The molecule has 0 saturated carbocycles. The van der Waals surface area contributed by atoms with Gasteiger partial charge in [0.05, 0.1) is 12.7 Å². The van der Waals surface area contributed by atoms with E-state index in [-0.39, 0.29) is 12.1 Å². The van der Waals surface area contributed by atoms with Crippen molar-refractivity contribution < 1.29 is 10.2 Å². The van der Waals surface area contributed by atoms with E-state index < -0.39 is 6.10 Å². The third-order valence-electron chi connectivity index (χ3n) is 1.42. The summed E-state index contributed by atoms with van der Waals surface area (Å²) in [4.78, 5) is 0. The average Bonchev–Trinajstić information content (AvgIpc) is 2.00. The molecule has 0 heterocycles. The summed E-state index contributed by atoms with van der Waals surface area (Å²) in [6, 6.07) is 0. The smallest absolute Gasteiger partial charge is 0.0752 e. The van der Waals surface area contributed by atoms with Gasteiger partial charge < -0.3 is 15.5 Å². The van der Waals surface area contributed by atoms with Crippen LogP contribution >= 0.6 is 12.6 Å². The minimum Gasteiger partial charge on any atom is -0.394 e. The Kier molecular flexibility index (Phi) is 5.08. The first kappa shape index (κ1) is 11.2. The van der Waals surface area contributed by atoms with Crippen molar-refractivity contribution in [2.75, 3.05) is 18.9 Å². The summed E-state index contributed by atoms with van der Waals surface area (Å²) in [6.07, 6.45) is -0.441. The molecule has 0 rings (SSSR count). The second kappa shape index (κ2) is 4.98. The van der Waals surface area contributed by atoms with Gasteiger partial charge in [-0.3, -0.25) is 0 Å². The molecule has 0 amide bonds. The number of aliphatic hydroxyl groups is 2. The number of thiol groups is 1. The van der Waals surface area contributed by atoms with Crippen molar-refractivity contribution in [1.82, 2.24) is 5.32 Å². The van der Waals surface area contributed by atoms with Crippen LogP contribution < -0.4 is 5.32 Å². The fraction of sp³-hybridized carbons (Fsp3) is 1.00. The van der Waals surface area contributed by atoms with Gasteiger partial charge in [-0.2, -0.15) is 12.6 Å². The van der Waals surface area contributed by atoms with Gasteiger partial charge in [0, 0.05) is 17.8 Å². The fourth-order valence-electron chi connectivity index (χ4n) is 0.515. The van der Waals surface area contributed by atoms with Crippen LogP contribution in [0.2, 0.25) is 0 Å². The van der Waals surface area contributed by atoms with Crippen molar-refractivity contribution in [1.29, 1.82) is 0 Å². The molecule has 0 aromatic heterocycles. The van der Waals surface area contributed by atoms with E-state index in [0.717, 1.165) is 0 Å². The maximum Gasteiger partial charge on any atom is 0.0752 e. The van der Waals surface area contributed by atoms with Crippen molar-refractivity contribution in [2.45, 2.75) is 25.5 Å². The Balaban J connectivity index is 3.52. The zero-order valence-electron chi connectivity index (χ0n) is 7.04. The molecular formula is C7H17NO2S. The van der Waals surface area contributed by atoms with Gasteiger partial charge in [0.15, 0.2) is 0 Å². The number of hydrogen-bond donors (Lipinski definition) is 4. The molecule has 68 valence electrons. The Labute approximate surface area is 73.2 Å². The van der Waals surface area contributed by atoms with E-state index >= 15 is 0 Å². The van der Waals surface area contributed by atoms with Crippen molar-refractivity contribution >= 4 is 12.6 Å². The minimum atomic E-state index is -0.441. The van der Waals surface area contributed by atoms with Crippen LogP contribution in [0.3, 0.4) is 0 Å². The predicted molar refractivity (Wildman–Crippen MR) is 49.0 cm³/mol. The normalized spacial score (nSPS) is 15.0. The van der Waals surface area contributed by atoms with Gasteiger partial charge in [-0.05, 0) is 13.8 Å². The van der Waals surface area contributed by atoms with Gasteiger partial charge in [0.25, 0.3) is 0 Å². The van der Waals surface area contributed by atoms with Crippen LogP contribution in [0, 0.1) is 0 Å². The first-order chi connectivity index (χ1) is 5.02.